The molecule has 180 valence electrons. The summed E-state index contributed by atoms with van der Waals surface area (Å²) in [6, 6.07) is 16.0. The Morgan fingerprint density at radius 1 is 1.00 bits per heavy atom. The first-order valence-electron chi connectivity index (χ1n) is 11.4. The molecule has 0 saturated carbocycles. The summed E-state index contributed by atoms with van der Waals surface area (Å²) in [7, 11) is -1.91. The van der Waals surface area contributed by atoms with Crippen molar-refractivity contribution in [3.63, 3.8) is 0 Å². The molecule has 2 aromatic carbocycles. The van der Waals surface area contributed by atoms with Gasteiger partial charge in [0.05, 0.1) is 25.9 Å². The summed E-state index contributed by atoms with van der Waals surface area (Å²) in [6.45, 7) is 14.8. The van der Waals surface area contributed by atoms with Crippen molar-refractivity contribution in [2.45, 2.75) is 77.3 Å². The van der Waals surface area contributed by atoms with E-state index in [0.717, 1.165) is 11.1 Å². The number of thiocarbonyl (C=S) groups is 1. The zero-order chi connectivity index (χ0) is 24.2. The van der Waals surface area contributed by atoms with Crippen LogP contribution in [0.5, 0.6) is 0 Å². The molecule has 2 aromatic rings. The summed E-state index contributed by atoms with van der Waals surface area (Å²) < 4.78 is 19.2. The minimum absolute atomic E-state index is 0.0756. The molecule has 1 saturated heterocycles. The van der Waals surface area contributed by atoms with Crippen LogP contribution in [0.3, 0.4) is 0 Å². The maximum absolute atomic E-state index is 6.51. The Kier molecular flexibility index (Phi) is 8.75. The molecule has 3 unspecified atom stereocenters. The Hall–Kier alpha value is -1.28. The van der Waals surface area contributed by atoms with Crippen molar-refractivity contribution in [1.82, 2.24) is 5.32 Å². The number of ether oxygens (including phenoxy) is 2. The van der Waals surface area contributed by atoms with Gasteiger partial charge >= 0.3 is 0 Å². The molecule has 1 heterocycles. The molecule has 0 spiro atoms. The van der Waals surface area contributed by atoms with Crippen molar-refractivity contribution in [2.75, 3.05) is 6.61 Å². The van der Waals surface area contributed by atoms with Crippen LogP contribution in [0, 0.1) is 6.92 Å². The van der Waals surface area contributed by atoms with E-state index in [1.165, 1.54) is 5.56 Å². The second-order valence-corrected chi connectivity index (χ2v) is 16.0. The monoisotopic (exact) mass is 505 g/mol. The van der Waals surface area contributed by atoms with E-state index < -0.39 is 8.32 Å². The molecule has 4 nitrogen and oxygen atoms in total. The zero-order valence-electron chi connectivity index (χ0n) is 20.5. The molecule has 0 aliphatic carbocycles. The highest BCUT2D eigenvalue weighted by Gasteiger charge is 2.44. The van der Waals surface area contributed by atoms with Crippen molar-refractivity contribution < 1.29 is 13.9 Å². The van der Waals surface area contributed by atoms with E-state index in [4.69, 9.17) is 37.7 Å². The number of aryl methyl sites for hydroxylation is 1. The van der Waals surface area contributed by atoms with Crippen molar-refractivity contribution in [3.05, 3.63) is 70.2 Å². The van der Waals surface area contributed by atoms with E-state index >= 15 is 0 Å². The Labute approximate surface area is 210 Å². The fraction of sp³-hybridized carbons (Fsp3) is 0.500. The molecule has 3 rings (SSSR count). The molecule has 0 bridgehead atoms. The van der Waals surface area contributed by atoms with Gasteiger partial charge in [0.1, 0.15) is 17.2 Å². The molecule has 7 heteroatoms. The van der Waals surface area contributed by atoms with E-state index in [0.29, 0.717) is 29.8 Å². The van der Waals surface area contributed by atoms with Gasteiger partial charge in [0.2, 0.25) is 0 Å². The lowest BCUT2D eigenvalue weighted by Crippen LogP contribution is -2.47. The molecular formula is C26H36ClNO3SSi. The lowest BCUT2D eigenvalue weighted by atomic mass is 10.1. The van der Waals surface area contributed by atoms with Gasteiger partial charge in [-0.1, -0.05) is 86.6 Å². The lowest BCUT2D eigenvalue weighted by Gasteiger charge is -2.37. The molecule has 33 heavy (non-hydrogen) atoms. The number of hydrogen-bond acceptors (Lipinski definition) is 4. The molecule has 1 fully saturated rings. The first-order valence-corrected chi connectivity index (χ1v) is 15.1. The summed E-state index contributed by atoms with van der Waals surface area (Å²) >= 11 is 11.9. The van der Waals surface area contributed by atoms with Gasteiger partial charge in [-0.25, -0.2) is 0 Å². The smallest absolute Gasteiger partial charge is 0.192 e. The van der Waals surface area contributed by atoms with Crippen LogP contribution in [0.2, 0.25) is 23.2 Å². The first kappa shape index (κ1) is 26.3. The molecule has 1 N–H and O–H groups in total. The molecule has 0 aromatic heterocycles. The standard InChI is InChI=1S/C26H36ClNO3SSi/c1-18-9-7-10-19(13-18)15-30-24-23(29-16-20-11-8-12-21(27)14-20)22(28-25(24)32)17-31-33(5,6)26(2,3)4/h7-14,22-24H,15-17H2,1-6H3,(H,28,32). The summed E-state index contributed by atoms with van der Waals surface area (Å²) in [5, 5.41) is 4.25. The summed E-state index contributed by atoms with van der Waals surface area (Å²) in [6.07, 6.45) is -0.598. The van der Waals surface area contributed by atoms with Gasteiger partial charge in [0, 0.05) is 5.02 Å². The van der Waals surface area contributed by atoms with Gasteiger partial charge in [-0.2, -0.15) is 0 Å². The normalized spacial score (nSPS) is 21.3. The first-order chi connectivity index (χ1) is 15.5. The average molecular weight is 506 g/mol. The molecule has 0 radical (unpaired) electrons. The molecule has 1 aliphatic heterocycles. The second kappa shape index (κ2) is 11.0. The third kappa shape index (κ3) is 7.10. The predicted octanol–water partition coefficient (Wildman–Crippen LogP) is 6.44. The summed E-state index contributed by atoms with van der Waals surface area (Å²) in [4.78, 5) is 0.669. The third-order valence-electron chi connectivity index (χ3n) is 6.55. The lowest BCUT2D eigenvalue weighted by molar-refractivity contribution is -0.0610. The van der Waals surface area contributed by atoms with Gasteiger partial charge < -0.3 is 19.2 Å². The van der Waals surface area contributed by atoms with E-state index in [1.54, 1.807) is 0 Å². The molecule has 0 amide bonds. The van der Waals surface area contributed by atoms with E-state index in [1.807, 2.05) is 30.3 Å². The maximum atomic E-state index is 6.51. The van der Waals surface area contributed by atoms with Crippen LogP contribution in [0.1, 0.15) is 37.5 Å². The quantitative estimate of drug-likeness (QED) is 0.313. The maximum Gasteiger partial charge on any atom is 0.192 e. The van der Waals surface area contributed by atoms with Crippen molar-refractivity contribution in [3.8, 4) is 0 Å². The van der Waals surface area contributed by atoms with Gasteiger partial charge in [-0.3, -0.25) is 0 Å². The average Bonchev–Trinajstić information content (AvgIpc) is 3.03. The summed E-state index contributed by atoms with van der Waals surface area (Å²) in [5.41, 5.74) is 3.34. The van der Waals surface area contributed by atoms with Gasteiger partial charge in [0.15, 0.2) is 8.32 Å². The highest BCUT2D eigenvalue weighted by atomic mass is 35.5. The highest BCUT2D eigenvalue weighted by molar-refractivity contribution is 7.80. The fourth-order valence-corrected chi connectivity index (χ4v) is 5.14. The van der Waals surface area contributed by atoms with Gasteiger partial charge in [-0.15, -0.1) is 0 Å². The Balaban J connectivity index is 1.73. The van der Waals surface area contributed by atoms with Crippen LogP contribution < -0.4 is 5.32 Å². The van der Waals surface area contributed by atoms with Crippen molar-refractivity contribution in [1.29, 1.82) is 0 Å². The Morgan fingerprint density at radius 3 is 2.27 bits per heavy atom. The number of rotatable bonds is 9. The van der Waals surface area contributed by atoms with Crippen molar-refractivity contribution >= 4 is 37.1 Å². The minimum atomic E-state index is -1.91. The number of nitrogens with one attached hydrogen (secondary N) is 1. The van der Waals surface area contributed by atoms with Crippen LogP contribution in [-0.2, 0) is 27.1 Å². The Bertz CT molecular complexity index is 963. The van der Waals surface area contributed by atoms with Crippen LogP contribution in [0.4, 0.5) is 0 Å². The van der Waals surface area contributed by atoms with Crippen molar-refractivity contribution in [2.24, 2.45) is 0 Å². The molecular weight excluding hydrogens is 470 g/mol. The van der Waals surface area contributed by atoms with E-state index in [-0.39, 0.29) is 23.3 Å². The minimum Gasteiger partial charge on any atom is -0.415 e. The largest absolute Gasteiger partial charge is 0.415 e. The van der Waals surface area contributed by atoms with Crippen LogP contribution in [0.25, 0.3) is 0 Å². The van der Waals surface area contributed by atoms with E-state index in [9.17, 15) is 0 Å². The zero-order valence-corrected chi connectivity index (χ0v) is 23.1. The molecule has 1 aliphatic rings. The summed E-state index contributed by atoms with van der Waals surface area (Å²) in [5.74, 6) is 0. The van der Waals surface area contributed by atoms with Gasteiger partial charge in [-0.05, 0) is 48.3 Å². The number of halogens is 1. The van der Waals surface area contributed by atoms with E-state index in [2.05, 4.69) is 64.3 Å². The SMILES string of the molecule is Cc1cccc(COC2C(=S)NC(CO[Si](C)(C)C(C)(C)C)C2OCc2cccc(Cl)c2)c1. The van der Waals surface area contributed by atoms with Crippen LogP contribution in [0.15, 0.2) is 48.5 Å². The fourth-order valence-electron chi connectivity index (χ4n) is 3.54. The number of benzene rings is 2. The van der Waals surface area contributed by atoms with Crippen LogP contribution in [-0.4, -0.2) is 38.2 Å². The topological polar surface area (TPSA) is 39.7 Å². The van der Waals surface area contributed by atoms with Gasteiger partial charge in [0.25, 0.3) is 0 Å². The predicted molar refractivity (Wildman–Crippen MR) is 142 cm³/mol. The molecule has 3 atom stereocenters. The number of hydrogen-bond donors (Lipinski definition) is 1. The third-order valence-corrected chi connectivity index (χ3v) is 11.6. The van der Waals surface area contributed by atoms with Crippen LogP contribution >= 0.6 is 23.8 Å². The highest BCUT2D eigenvalue weighted by Crippen LogP contribution is 2.37. The Morgan fingerprint density at radius 2 is 1.64 bits per heavy atom. The second-order valence-electron chi connectivity index (χ2n) is 10.3.